The van der Waals surface area contributed by atoms with Crippen molar-refractivity contribution >= 4 is 44.7 Å². The largest absolute Gasteiger partial charge is 0.385 e. The third-order valence-corrected chi connectivity index (χ3v) is 7.80. The Balaban J connectivity index is 1.22. The lowest BCUT2D eigenvalue weighted by Gasteiger charge is -2.35. The molecule has 7 nitrogen and oxygen atoms in total. The van der Waals surface area contributed by atoms with Gasteiger partial charge in [0.1, 0.15) is 16.6 Å². The molecule has 9 heteroatoms. The number of benzene rings is 1. The molecule has 0 spiro atoms. The van der Waals surface area contributed by atoms with E-state index in [1.807, 2.05) is 14.0 Å². The Morgan fingerprint density at radius 3 is 2.81 bits per heavy atom. The summed E-state index contributed by atoms with van der Waals surface area (Å²) in [5.74, 6) is 0. The summed E-state index contributed by atoms with van der Waals surface area (Å²) in [6.07, 6.45) is 4.25. The van der Waals surface area contributed by atoms with Gasteiger partial charge in [-0.05, 0) is 43.9 Å². The molecule has 0 amide bonds. The molecule has 3 aromatic rings. The predicted molar refractivity (Wildman–Crippen MR) is 132 cm³/mol. The normalized spacial score (nSPS) is 21.3. The number of piperazine rings is 1. The third-order valence-electron chi connectivity index (χ3n) is 6.37. The van der Waals surface area contributed by atoms with Crippen molar-refractivity contribution in [3.8, 4) is 0 Å². The Morgan fingerprint density at radius 2 is 2.09 bits per heavy atom. The molecule has 2 aliphatic rings. The van der Waals surface area contributed by atoms with Gasteiger partial charge in [0.25, 0.3) is 0 Å². The van der Waals surface area contributed by atoms with E-state index in [0.717, 1.165) is 62.4 Å². The van der Waals surface area contributed by atoms with E-state index in [1.165, 1.54) is 24.2 Å². The van der Waals surface area contributed by atoms with E-state index in [2.05, 4.69) is 49.0 Å². The van der Waals surface area contributed by atoms with Crippen molar-refractivity contribution in [2.24, 2.45) is 0 Å². The molecule has 0 saturated carbocycles. The van der Waals surface area contributed by atoms with Crippen LogP contribution in [0.4, 0.5) is 11.4 Å². The molecule has 2 fully saturated rings. The van der Waals surface area contributed by atoms with Crippen molar-refractivity contribution < 1.29 is 5.11 Å². The van der Waals surface area contributed by atoms with Gasteiger partial charge in [-0.25, -0.2) is 9.97 Å². The smallest absolute Gasteiger partial charge is 0.144 e. The van der Waals surface area contributed by atoms with Crippen molar-refractivity contribution in [2.75, 3.05) is 36.9 Å². The number of aryl methyl sites for hydroxylation is 1. The van der Waals surface area contributed by atoms with Crippen molar-refractivity contribution in [2.45, 2.75) is 44.5 Å². The molecule has 0 radical (unpaired) electrons. The molecule has 3 atom stereocenters. The van der Waals surface area contributed by atoms with Gasteiger partial charge < -0.3 is 20.6 Å². The first-order chi connectivity index (χ1) is 15.5. The molecule has 170 valence electrons. The van der Waals surface area contributed by atoms with Crippen LogP contribution in [-0.4, -0.2) is 53.8 Å². The van der Waals surface area contributed by atoms with Crippen molar-refractivity contribution in [1.82, 2.24) is 20.6 Å². The van der Waals surface area contributed by atoms with Gasteiger partial charge in [-0.3, -0.25) is 5.32 Å². The Labute approximate surface area is 197 Å². The quantitative estimate of drug-likeness (QED) is 0.392. The van der Waals surface area contributed by atoms with Crippen LogP contribution in [-0.2, 0) is 6.42 Å². The third kappa shape index (κ3) is 4.30. The first-order valence-corrected chi connectivity index (χ1v) is 12.4. The molecule has 2 bridgehead atoms. The zero-order valence-electron chi connectivity index (χ0n) is 18.4. The summed E-state index contributed by atoms with van der Waals surface area (Å²) in [5, 5.41) is 21.6. The lowest BCUT2D eigenvalue weighted by molar-refractivity contribution is 0.144. The number of anilines is 2. The second kappa shape index (κ2) is 9.11. The summed E-state index contributed by atoms with van der Waals surface area (Å²) >= 11 is 8.12. The van der Waals surface area contributed by atoms with Crippen LogP contribution < -0.4 is 20.9 Å². The summed E-state index contributed by atoms with van der Waals surface area (Å²) in [6.45, 7) is 4.60. The zero-order valence-corrected chi connectivity index (χ0v) is 19.9. The summed E-state index contributed by atoms with van der Waals surface area (Å²) in [6, 6.07) is 7.52. The van der Waals surface area contributed by atoms with Crippen molar-refractivity contribution in [3.63, 3.8) is 0 Å². The van der Waals surface area contributed by atoms with Gasteiger partial charge in [0, 0.05) is 45.0 Å². The number of aromatic nitrogens is 2. The molecule has 2 aromatic heterocycles. The Hall–Kier alpha value is -1.97. The van der Waals surface area contributed by atoms with Crippen LogP contribution in [0.3, 0.4) is 0 Å². The number of halogens is 1. The van der Waals surface area contributed by atoms with E-state index < -0.39 is 6.23 Å². The van der Waals surface area contributed by atoms with Gasteiger partial charge in [0.05, 0.1) is 27.0 Å². The lowest BCUT2D eigenvalue weighted by Crippen LogP contribution is -2.51. The van der Waals surface area contributed by atoms with Gasteiger partial charge in [-0.1, -0.05) is 17.7 Å². The number of hydrogen-bond acceptors (Lipinski definition) is 8. The fraction of sp³-hybridized carbons (Fsp3) is 0.478. The Morgan fingerprint density at radius 1 is 1.31 bits per heavy atom. The number of fused-ring (bicyclic) bond motifs is 3. The zero-order chi connectivity index (χ0) is 22.2. The van der Waals surface area contributed by atoms with Crippen LogP contribution >= 0.6 is 22.9 Å². The monoisotopic (exact) mass is 472 g/mol. The van der Waals surface area contributed by atoms with Crippen LogP contribution in [0.25, 0.3) is 10.3 Å². The Kier molecular flexibility index (Phi) is 6.22. The minimum absolute atomic E-state index is 0.584. The average Bonchev–Trinajstić information content (AvgIpc) is 3.31. The molecule has 5 rings (SSSR count). The molecule has 1 unspecified atom stereocenters. The van der Waals surface area contributed by atoms with Crippen molar-refractivity contribution in [3.05, 3.63) is 45.6 Å². The number of nitrogens with one attached hydrogen (secondary N) is 3. The second-order valence-corrected chi connectivity index (χ2v) is 10.1. The number of hydrogen-bond donors (Lipinski definition) is 4. The highest BCUT2D eigenvalue weighted by molar-refractivity contribution is 7.19. The number of thiophene rings is 1. The number of nitrogens with zero attached hydrogens (tertiary/aromatic N) is 3. The SMILES string of the molecule is CNc1c(C(O)NCCc2ccc(N3C[C@H]4CC[C@@H](C3)N4)c(Cl)c2)sc2nc(C)cnc12. The van der Waals surface area contributed by atoms with E-state index in [0.29, 0.717) is 18.6 Å². The molecule has 4 N–H and O–H groups in total. The summed E-state index contributed by atoms with van der Waals surface area (Å²) < 4.78 is 0. The molecule has 2 aliphatic heterocycles. The number of rotatable bonds is 7. The molecule has 2 saturated heterocycles. The highest BCUT2D eigenvalue weighted by atomic mass is 35.5. The van der Waals surface area contributed by atoms with Crippen LogP contribution in [0.1, 0.15) is 35.2 Å². The van der Waals surface area contributed by atoms with Gasteiger partial charge in [0.15, 0.2) is 0 Å². The van der Waals surface area contributed by atoms with Gasteiger partial charge >= 0.3 is 0 Å². The molecule has 32 heavy (non-hydrogen) atoms. The second-order valence-electron chi connectivity index (χ2n) is 8.69. The maximum absolute atomic E-state index is 10.8. The van der Waals surface area contributed by atoms with Crippen LogP contribution in [0, 0.1) is 6.92 Å². The van der Waals surface area contributed by atoms with Crippen LogP contribution in [0.2, 0.25) is 5.02 Å². The van der Waals surface area contributed by atoms with Crippen LogP contribution in [0.15, 0.2) is 24.4 Å². The van der Waals surface area contributed by atoms with E-state index in [9.17, 15) is 5.11 Å². The van der Waals surface area contributed by atoms with E-state index >= 15 is 0 Å². The highest BCUT2D eigenvalue weighted by Gasteiger charge is 2.32. The summed E-state index contributed by atoms with van der Waals surface area (Å²) in [7, 11) is 1.84. The van der Waals surface area contributed by atoms with Crippen molar-refractivity contribution in [1.29, 1.82) is 0 Å². The molecule has 1 aromatic carbocycles. The first kappa shape index (κ1) is 21.9. The van der Waals surface area contributed by atoms with Gasteiger partial charge in [-0.15, -0.1) is 11.3 Å². The van der Waals surface area contributed by atoms with Crippen LogP contribution in [0.5, 0.6) is 0 Å². The maximum atomic E-state index is 10.8. The minimum atomic E-state index is -0.787. The first-order valence-electron chi connectivity index (χ1n) is 11.2. The molecule has 0 aliphatic carbocycles. The Bertz CT molecular complexity index is 1110. The van der Waals surface area contributed by atoms with E-state index in [1.54, 1.807) is 6.20 Å². The highest BCUT2D eigenvalue weighted by Crippen LogP contribution is 2.36. The standard InChI is InChI=1S/C23H29ClN6OS/c1-13-10-27-20-19(25-2)21(32-23(20)28-13)22(31)26-8-7-14-3-6-18(17(24)9-14)30-11-15-4-5-16(12-30)29-15/h3,6,9-10,15-16,22,25-26,29,31H,4-5,7-8,11-12H2,1-2H3/t15-,16+,22?. The average molecular weight is 473 g/mol. The number of aliphatic hydroxyl groups is 1. The number of aliphatic hydroxyl groups excluding tert-OH is 1. The minimum Gasteiger partial charge on any atom is -0.385 e. The maximum Gasteiger partial charge on any atom is 0.144 e. The van der Waals surface area contributed by atoms with E-state index in [-0.39, 0.29) is 0 Å². The van der Waals surface area contributed by atoms with Gasteiger partial charge in [0.2, 0.25) is 0 Å². The fourth-order valence-corrected chi connectivity index (χ4v) is 6.27. The summed E-state index contributed by atoms with van der Waals surface area (Å²) in [5.41, 5.74) is 4.77. The van der Waals surface area contributed by atoms with Gasteiger partial charge in [-0.2, -0.15) is 0 Å². The summed E-state index contributed by atoms with van der Waals surface area (Å²) in [4.78, 5) is 13.1. The molecule has 4 heterocycles. The molecular weight excluding hydrogens is 444 g/mol. The topological polar surface area (TPSA) is 85.3 Å². The molecular formula is C23H29ClN6OS. The fourth-order valence-electron chi connectivity index (χ4n) is 4.81. The lowest BCUT2D eigenvalue weighted by atomic mass is 10.1. The predicted octanol–water partition coefficient (Wildman–Crippen LogP) is 3.46. The van der Waals surface area contributed by atoms with E-state index in [4.69, 9.17) is 11.6 Å².